The van der Waals surface area contributed by atoms with Crippen LogP contribution in [0.5, 0.6) is 0 Å². The zero-order valence-electron chi connectivity index (χ0n) is 17.0. The number of carbonyl (C=O) groups excluding carboxylic acids is 1. The van der Waals surface area contributed by atoms with Crippen molar-refractivity contribution in [2.75, 3.05) is 27.2 Å². The van der Waals surface area contributed by atoms with Gasteiger partial charge in [-0.25, -0.2) is 9.78 Å². The van der Waals surface area contributed by atoms with E-state index in [4.69, 9.17) is 14.4 Å². The zero-order chi connectivity index (χ0) is 23.2. The van der Waals surface area contributed by atoms with E-state index in [0.29, 0.717) is 23.4 Å². The van der Waals surface area contributed by atoms with Gasteiger partial charge in [0, 0.05) is 17.5 Å². The number of aromatic nitrogens is 2. The summed E-state index contributed by atoms with van der Waals surface area (Å²) in [6.45, 7) is 3.54. The molecule has 0 fully saturated rings. The van der Waals surface area contributed by atoms with Crippen LogP contribution in [-0.4, -0.2) is 65.4 Å². The van der Waals surface area contributed by atoms with Crippen molar-refractivity contribution in [3.8, 4) is 11.4 Å². The number of hydrogen-bond donors (Lipinski definition) is 2. The summed E-state index contributed by atoms with van der Waals surface area (Å²) in [6, 6.07) is 5.35. The van der Waals surface area contributed by atoms with Gasteiger partial charge >= 0.3 is 12.1 Å². The van der Waals surface area contributed by atoms with Crippen LogP contribution in [0.3, 0.4) is 0 Å². The normalized spacial score (nSPS) is 11.3. The maximum atomic E-state index is 12.3. The SMILES string of the molecule is Cc1nc(-c2noc3ccc(C(=O)NCCCN(C)C)cc23)cs1.O=C(O)C(F)(F)F. The summed E-state index contributed by atoms with van der Waals surface area (Å²) < 4.78 is 37.1. The van der Waals surface area contributed by atoms with E-state index >= 15 is 0 Å². The van der Waals surface area contributed by atoms with Gasteiger partial charge in [0.25, 0.3) is 5.91 Å². The number of aliphatic carboxylic acids is 1. The van der Waals surface area contributed by atoms with Crippen molar-refractivity contribution in [1.29, 1.82) is 0 Å². The topological polar surface area (TPSA) is 109 Å². The molecule has 0 atom stereocenters. The Labute approximate surface area is 179 Å². The van der Waals surface area contributed by atoms with Crippen molar-refractivity contribution < 1.29 is 32.4 Å². The molecule has 3 aromatic rings. The molecule has 1 aromatic carbocycles. The summed E-state index contributed by atoms with van der Waals surface area (Å²) in [4.78, 5) is 27.8. The molecule has 2 N–H and O–H groups in total. The zero-order valence-corrected chi connectivity index (χ0v) is 17.8. The molecule has 0 aliphatic heterocycles. The van der Waals surface area contributed by atoms with E-state index in [1.54, 1.807) is 23.5 Å². The number of aryl methyl sites for hydroxylation is 1. The second-order valence-corrected chi connectivity index (χ2v) is 7.77. The number of nitrogens with zero attached hydrogens (tertiary/aromatic N) is 3. The predicted molar refractivity (Wildman–Crippen MR) is 109 cm³/mol. The van der Waals surface area contributed by atoms with Gasteiger partial charge in [-0.1, -0.05) is 5.16 Å². The molecule has 0 unspecified atom stereocenters. The second kappa shape index (κ2) is 10.4. The average molecular weight is 458 g/mol. The van der Waals surface area contributed by atoms with Gasteiger partial charge in [0.2, 0.25) is 0 Å². The third kappa shape index (κ3) is 7.03. The van der Waals surface area contributed by atoms with Gasteiger partial charge in [0.05, 0.1) is 10.4 Å². The Hall–Kier alpha value is -2.99. The van der Waals surface area contributed by atoms with Gasteiger partial charge in [0.15, 0.2) is 5.58 Å². The smallest absolute Gasteiger partial charge is 0.475 e. The average Bonchev–Trinajstić information content (AvgIpc) is 3.29. The number of fused-ring (bicyclic) bond motifs is 1. The molecule has 0 spiro atoms. The molecule has 8 nitrogen and oxygen atoms in total. The molecule has 0 radical (unpaired) electrons. The molecular formula is C19H21F3N4O4S. The van der Waals surface area contributed by atoms with Gasteiger partial charge in [-0.15, -0.1) is 11.3 Å². The quantitative estimate of drug-likeness (QED) is 0.544. The third-order valence-corrected chi connectivity index (χ3v) is 4.68. The maximum absolute atomic E-state index is 12.3. The fraction of sp³-hybridized carbons (Fsp3) is 0.368. The summed E-state index contributed by atoms with van der Waals surface area (Å²) in [7, 11) is 4.03. The summed E-state index contributed by atoms with van der Waals surface area (Å²) in [5.41, 5.74) is 2.71. The lowest BCUT2D eigenvalue weighted by Crippen LogP contribution is -2.27. The number of rotatable bonds is 6. The van der Waals surface area contributed by atoms with Gasteiger partial charge in [-0.05, 0) is 52.2 Å². The number of thiazole rings is 1. The van der Waals surface area contributed by atoms with Crippen molar-refractivity contribution in [3.05, 3.63) is 34.2 Å². The molecule has 0 aliphatic carbocycles. The minimum absolute atomic E-state index is 0.0859. The van der Waals surface area contributed by atoms with Crippen molar-refractivity contribution in [1.82, 2.24) is 20.4 Å². The maximum Gasteiger partial charge on any atom is 0.490 e. The van der Waals surface area contributed by atoms with E-state index in [0.717, 1.165) is 29.1 Å². The Kier molecular flexibility index (Phi) is 8.11. The summed E-state index contributed by atoms with van der Waals surface area (Å²) in [5, 5.41) is 17.9. The van der Waals surface area contributed by atoms with Crippen LogP contribution in [0, 0.1) is 6.92 Å². The van der Waals surface area contributed by atoms with Gasteiger partial charge in [-0.2, -0.15) is 13.2 Å². The standard InChI is InChI=1S/C17H20N4O2S.C2HF3O2/c1-11-19-14(10-24-11)16-13-9-12(5-6-15(13)23-20-16)17(22)18-7-4-8-21(2)3;3-2(4,5)1(6)7/h5-6,9-10H,4,7-8H2,1-3H3,(H,18,22);(H,6,7). The van der Waals surface area contributed by atoms with E-state index in [1.807, 2.05) is 32.5 Å². The molecule has 168 valence electrons. The fourth-order valence-electron chi connectivity index (χ4n) is 2.44. The first kappa shape index (κ1) is 24.3. The lowest BCUT2D eigenvalue weighted by molar-refractivity contribution is -0.192. The van der Waals surface area contributed by atoms with Crippen molar-refractivity contribution >= 4 is 34.2 Å². The summed E-state index contributed by atoms with van der Waals surface area (Å²) in [5.74, 6) is -2.84. The van der Waals surface area contributed by atoms with E-state index < -0.39 is 12.1 Å². The van der Waals surface area contributed by atoms with E-state index in [2.05, 4.69) is 20.4 Å². The Bertz CT molecular complexity index is 1050. The van der Waals surface area contributed by atoms with Crippen LogP contribution in [0.4, 0.5) is 13.2 Å². The van der Waals surface area contributed by atoms with Crippen LogP contribution in [0.25, 0.3) is 22.4 Å². The molecule has 3 rings (SSSR count). The van der Waals surface area contributed by atoms with Crippen molar-refractivity contribution in [2.24, 2.45) is 0 Å². The highest BCUT2D eigenvalue weighted by Gasteiger charge is 2.38. The Morgan fingerprint density at radius 3 is 2.52 bits per heavy atom. The van der Waals surface area contributed by atoms with Crippen LogP contribution < -0.4 is 5.32 Å². The lowest BCUT2D eigenvalue weighted by Gasteiger charge is -2.09. The molecule has 12 heteroatoms. The minimum Gasteiger partial charge on any atom is -0.475 e. The van der Waals surface area contributed by atoms with Gasteiger partial charge < -0.3 is 19.8 Å². The lowest BCUT2D eigenvalue weighted by atomic mass is 10.1. The minimum atomic E-state index is -5.08. The van der Waals surface area contributed by atoms with E-state index in [9.17, 15) is 18.0 Å². The molecule has 2 aromatic heterocycles. The third-order valence-electron chi connectivity index (χ3n) is 3.90. The number of amides is 1. The molecule has 1 amide bonds. The van der Waals surface area contributed by atoms with Crippen LogP contribution >= 0.6 is 11.3 Å². The molecule has 0 aliphatic rings. The van der Waals surface area contributed by atoms with Crippen LogP contribution in [-0.2, 0) is 4.79 Å². The molecule has 31 heavy (non-hydrogen) atoms. The Morgan fingerprint density at radius 1 is 1.29 bits per heavy atom. The highest BCUT2D eigenvalue weighted by molar-refractivity contribution is 7.09. The first-order chi connectivity index (χ1) is 14.5. The molecule has 2 heterocycles. The van der Waals surface area contributed by atoms with E-state index in [-0.39, 0.29) is 5.91 Å². The van der Waals surface area contributed by atoms with Crippen LogP contribution in [0.2, 0.25) is 0 Å². The van der Waals surface area contributed by atoms with Crippen molar-refractivity contribution in [3.63, 3.8) is 0 Å². The van der Waals surface area contributed by atoms with Crippen molar-refractivity contribution in [2.45, 2.75) is 19.5 Å². The molecule has 0 saturated carbocycles. The monoisotopic (exact) mass is 458 g/mol. The number of carboxylic acid groups (broad SMARTS) is 1. The number of halogens is 3. The first-order valence-electron chi connectivity index (χ1n) is 9.04. The Morgan fingerprint density at radius 2 is 1.97 bits per heavy atom. The number of alkyl halides is 3. The molecule has 0 bridgehead atoms. The summed E-state index contributed by atoms with van der Waals surface area (Å²) in [6.07, 6.45) is -4.17. The fourth-order valence-corrected chi connectivity index (χ4v) is 3.03. The number of nitrogens with one attached hydrogen (secondary N) is 1. The second-order valence-electron chi connectivity index (χ2n) is 6.71. The van der Waals surface area contributed by atoms with Gasteiger partial charge in [0.1, 0.15) is 11.4 Å². The highest BCUT2D eigenvalue weighted by Crippen LogP contribution is 2.29. The number of carboxylic acids is 1. The number of carbonyl (C=O) groups is 2. The van der Waals surface area contributed by atoms with Crippen LogP contribution in [0.1, 0.15) is 21.8 Å². The predicted octanol–water partition coefficient (Wildman–Crippen LogP) is 3.57. The molecular weight excluding hydrogens is 437 g/mol. The highest BCUT2D eigenvalue weighted by atomic mass is 32.1. The first-order valence-corrected chi connectivity index (χ1v) is 9.92. The number of hydrogen-bond acceptors (Lipinski definition) is 7. The van der Waals surface area contributed by atoms with Gasteiger partial charge in [-0.3, -0.25) is 4.79 Å². The number of benzene rings is 1. The Balaban J connectivity index is 0.000000423. The van der Waals surface area contributed by atoms with Crippen LogP contribution in [0.15, 0.2) is 28.1 Å². The van der Waals surface area contributed by atoms with E-state index in [1.165, 1.54) is 0 Å². The largest absolute Gasteiger partial charge is 0.490 e. The molecule has 0 saturated heterocycles. The summed E-state index contributed by atoms with van der Waals surface area (Å²) >= 11 is 1.56.